The van der Waals surface area contributed by atoms with Gasteiger partial charge in [-0.25, -0.2) is 0 Å². The van der Waals surface area contributed by atoms with Crippen molar-refractivity contribution in [1.82, 2.24) is 0 Å². The first-order chi connectivity index (χ1) is 7.08. The van der Waals surface area contributed by atoms with Gasteiger partial charge in [0.15, 0.2) is 0 Å². The van der Waals surface area contributed by atoms with Crippen LogP contribution in [0.4, 0.5) is 0 Å². The molecule has 2 aromatic heterocycles. The van der Waals surface area contributed by atoms with Crippen LogP contribution in [0, 0.1) is 13.8 Å². The molecule has 1 nitrogen and oxygen atoms in total. The zero-order valence-corrected chi connectivity index (χ0v) is 11.0. The molecule has 1 unspecified atom stereocenters. The topological polar surface area (TPSA) is 26.0 Å². The van der Waals surface area contributed by atoms with E-state index in [2.05, 4.69) is 25.1 Å². The Morgan fingerprint density at radius 2 is 1.93 bits per heavy atom. The van der Waals surface area contributed by atoms with Crippen molar-refractivity contribution in [2.24, 2.45) is 5.73 Å². The van der Waals surface area contributed by atoms with Crippen molar-refractivity contribution in [3.8, 4) is 0 Å². The third-order valence-electron chi connectivity index (χ3n) is 2.25. The molecule has 2 aromatic rings. The highest BCUT2D eigenvalue weighted by atomic mass is 35.5. The second-order valence-corrected chi connectivity index (χ2v) is 6.54. The Kier molecular flexibility index (Phi) is 3.16. The lowest BCUT2D eigenvalue weighted by atomic mass is 10.2. The van der Waals surface area contributed by atoms with E-state index in [1.807, 2.05) is 6.92 Å². The van der Waals surface area contributed by atoms with Crippen molar-refractivity contribution >= 4 is 34.3 Å². The molecule has 0 radical (unpaired) electrons. The van der Waals surface area contributed by atoms with Gasteiger partial charge >= 0.3 is 0 Å². The highest BCUT2D eigenvalue weighted by Gasteiger charge is 2.14. The third kappa shape index (κ3) is 2.26. The molecule has 80 valence electrons. The number of nitrogens with two attached hydrogens (primary N) is 1. The molecule has 4 heteroatoms. The van der Waals surface area contributed by atoms with Crippen LogP contribution in [-0.2, 0) is 0 Å². The Labute approximate surface area is 103 Å². The molecule has 0 saturated carbocycles. The Bertz CT molecular complexity index is 453. The molecular formula is C11H12ClNS2. The molecule has 2 rings (SSSR count). The fraction of sp³-hybridized carbons (Fsp3) is 0.273. The van der Waals surface area contributed by atoms with Crippen molar-refractivity contribution in [3.05, 3.63) is 42.7 Å². The number of thiophene rings is 2. The first-order valence-electron chi connectivity index (χ1n) is 4.65. The van der Waals surface area contributed by atoms with Crippen LogP contribution in [0.1, 0.15) is 26.2 Å². The summed E-state index contributed by atoms with van der Waals surface area (Å²) in [7, 11) is 0. The maximum Gasteiger partial charge on any atom is 0.0961 e. The van der Waals surface area contributed by atoms with Crippen LogP contribution in [0.25, 0.3) is 0 Å². The summed E-state index contributed by atoms with van der Waals surface area (Å²) in [5, 5.41) is 0. The van der Waals surface area contributed by atoms with E-state index in [0.29, 0.717) is 0 Å². The normalized spacial score (nSPS) is 13.1. The molecule has 0 aliphatic rings. The minimum atomic E-state index is -0.0279. The van der Waals surface area contributed by atoms with Gasteiger partial charge in [-0.05, 0) is 37.6 Å². The van der Waals surface area contributed by atoms with Crippen molar-refractivity contribution in [2.75, 3.05) is 0 Å². The maximum atomic E-state index is 6.17. The van der Waals surface area contributed by atoms with E-state index in [0.717, 1.165) is 14.8 Å². The average Bonchev–Trinajstić information content (AvgIpc) is 2.74. The second-order valence-electron chi connectivity index (χ2n) is 3.53. The predicted molar refractivity (Wildman–Crippen MR) is 69.2 cm³/mol. The lowest BCUT2D eigenvalue weighted by Gasteiger charge is -2.05. The van der Waals surface area contributed by atoms with Crippen LogP contribution in [-0.4, -0.2) is 0 Å². The van der Waals surface area contributed by atoms with E-state index < -0.39 is 0 Å². The molecular weight excluding hydrogens is 246 g/mol. The Morgan fingerprint density at radius 3 is 2.40 bits per heavy atom. The molecule has 0 aliphatic carbocycles. The Hall–Kier alpha value is -0.350. The zero-order chi connectivity index (χ0) is 11.0. The van der Waals surface area contributed by atoms with Crippen LogP contribution in [0.2, 0.25) is 4.34 Å². The number of hydrogen-bond donors (Lipinski definition) is 1. The van der Waals surface area contributed by atoms with Gasteiger partial charge in [0.2, 0.25) is 0 Å². The smallest absolute Gasteiger partial charge is 0.0961 e. The summed E-state index contributed by atoms with van der Waals surface area (Å²) in [6.45, 7) is 4.10. The number of hydrogen-bond acceptors (Lipinski definition) is 3. The molecule has 0 aliphatic heterocycles. The van der Waals surface area contributed by atoms with E-state index in [1.54, 1.807) is 22.7 Å². The summed E-state index contributed by atoms with van der Waals surface area (Å²) >= 11 is 9.35. The van der Waals surface area contributed by atoms with Crippen molar-refractivity contribution in [1.29, 1.82) is 0 Å². The lowest BCUT2D eigenvalue weighted by Crippen LogP contribution is -2.07. The SMILES string of the molecule is Cc1ccc(C(N)c2cc(C)c(Cl)s2)s1. The van der Waals surface area contributed by atoms with Gasteiger partial charge < -0.3 is 5.73 Å². The summed E-state index contributed by atoms with van der Waals surface area (Å²) < 4.78 is 0.841. The summed E-state index contributed by atoms with van der Waals surface area (Å²) in [4.78, 5) is 3.63. The minimum absolute atomic E-state index is 0.0279. The van der Waals surface area contributed by atoms with Crippen molar-refractivity contribution in [2.45, 2.75) is 19.9 Å². The van der Waals surface area contributed by atoms with Gasteiger partial charge in [0, 0.05) is 14.6 Å². The first-order valence-corrected chi connectivity index (χ1v) is 6.67. The first kappa shape index (κ1) is 11.1. The Balaban J connectivity index is 2.31. The monoisotopic (exact) mass is 257 g/mol. The maximum absolute atomic E-state index is 6.17. The fourth-order valence-electron chi connectivity index (χ4n) is 1.40. The molecule has 15 heavy (non-hydrogen) atoms. The van der Waals surface area contributed by atoms with Gasteiger partial charge in [0.1, 0.15) is 0 Å². The summed E-state index contributed by atoms with van der Waals surface area (Å²) in [5.41, 5.74) is 7.29. The van der Waals surface area contributed by atoms with Crippen LogP contribution in [0.15, 0.2) is 18.2 Å². The summed E-state index contributed by atoms with van der Waals surface area (Å²) in [6, 6.07) is 6.24. The zero-order valence-electron chi connectivity index (χ0n) is 8.58. The standard InChI is InChI=1S/C11H12ClNS2/c1-6-5-9(15-11(6)12)10(13)8-4-3-7(2)14-8/h3-5,10H,13H2,1-2H3. The lowest BCUT2D eigenvalue weighted by molar-refractivity contribution is 0.916. The average molecular weight is 258 g/mol. The largest absolute Gasteiger partial charge is 0.319 e. The molecule has 2 heterocycles. The van der Waals surface area contributed by atoms with Crippen LogP contribution in [0.5, 0.6) is 0 Å². The molecule has 2 N–H and O–H groups in total. The van der Waals surface area contributed by atoms with Crippen molar-refractivity contribution in [3.63, 3.8) is 0 Å². The van der Waals surface area contributed by atoms with Gasteiger partial charge in [0.25, 0.3) is 0 Å². The summed E-state index contributed by atoms with van der Waals surface area (Å²) in [5.74, 6) is 0. The van der Waals surface area contributed by atoms with E-state index in [9.17, 15) is 0 Å². The van der Waals surface area contributed by atoms with E-state index in [4.69, 9.17) is 17.3 Å². The molecule has 0 amide bonds. The Morgan fingerprint density at radius 1 is 1.20 bits per heavy atom. The van der Waals surface area contributed by atoms with Gasteiger partial charge in [-0.1, -0.05) is 11.6 Å². The predicted octanol–water partition coefficient (Wildman–Crippen LogP) is 4.13. The van der Waals surface area contributed by atoms with Gasteiger partial charge in [0.05, 0.1) is 10.4 Å². The highest BCUT2D eigenvalue weighted by molar-refractivity contribution is 7.17. The van der Waals surface area contributed by atoms with Crippen LogP contribution in [0.3, 0.4) is 0 Å². The fourth-order valence-corrected chi connectivity index (χ4v) is 3.61. The molecule has 1 atom stereocenters. The van der Waals surface area contributed by atoms with Gasteiger partial charge in [-0.15, -0.1) is 22.7 Å². The minimum Gasteiger partial charge on any atom is -0.319 e. The highest BCUT2D eigenvalue weighted by Crippen LogP contribution is 2.34. The van der Waals surface area contributed by atoms with Gasteiger partial charge in [-0.2, -0.15) is 0 Å². The summed E-state index contributed by atoms with van der Waals surface area (Å²) in [6.07, 6.45) is 0. The van der Waals surface area contributed by atoms with Crippen molar-refractivity contribution < 1.29 is 0 Å². The molecule has 0 spiro atoms. The van der Waals surface area contributed by atoms with Crippen LogP contribution < -0.4 is 5.73 Å². The number of aryl methyl sites for hydroxylation is 2. The number of halogens is 1. The third-order valence-corrected chi connectivity index (χ3v) is 4.97. The number of rotatable bonds is 2. The molecule has 0 fully saturated rings. The van der Waals surface area contributed by atoms with Crippen LogP contribution >= 0.6 is 34.3 Å². The quantitative estimate of drug-likeness (QED) is 0.860. The van der Waals surface area contributed by atoms with Gasteiger partial charge in [-0.3, -0.25) is 0 Å². The molecule has 0 saturated heterocycles. The van der Waals surface area contributed by atoms with E-state index in [1.165, 1.54) is 9.75 Å². The molecule has 0 bridgehead atoms. The van der Waals surface area contributed by atoms with E-state index in [-0.39, 0.29) is 6.04 Å². The second kappa shape index (κ2) is 4.26. The molecule has 0 aromatic carbocycles. The van der Waals surface area contributed by atoms with E-state index >= 15 is 0 Å².